The van der Waals surface area contributed by atoms with Gasteiger partial charge in [-0.3, -0.25) is 4.79 Å². The second-order valence-electron chi connectivity index (χ2n) is 4.27. The molecule has 0 unspecified atom stereocenters. The van der Waals surface area contributed by atoms with Gasteiger partial charge in [-0.2, -0.15) is 0 Å². The Morgan fingerprint density at radius 3 is 2.27 bits per heavy atom. The summed E-state index contributed by atoms with van der Waals surface area (Å²) in [7, 11) is 0. The molecule has 1 heterocycles. The first kappa shape index (κ1) is 11.8. The maximum absolute atomic E-state index is 11.6. The molecule has 0 radical (unpaired) electrons. The molecule has 15 heavy (non-hydrogen) atoms. The lowest BCUT2D eigenvalue weighted by Gasteiger charge is -2.31. The fourth-order valence-corrected chi connectivity index (χ4v) is 1.71. The lowest BCUT2D eigenvalue weighted by atomic mass is 9.96. The van der Waals surface area contributed by atoms with Crippen molar-refractivity contribution in [3.05, 3.63) is 0 Å². The molecule has 0 aromatic rings. The molecule has 0 atom stereocenters. The van der Waals surface area contributed by atoms with Crippen molar-refractivity contribution in [2.75, 3.05) is 13.1 Å². The van der Waals surface area contributed by atoms with E-state index in [0.717, 1.165) is 0 Å². The number of rotatable bonds is 2. The van der Waals surface area contributed by atoms with E-state index in [2.05, 4.69) is 5.32 Å². The van der Waals surface area contributed by atoms with E-state index in [1.807, 2.05) is 13.8 Å². The Hall–Kier alpha value is -1.26. The molecule has 3 amide bonds. The summed E-state index contributed by atoms with van der Waals surface area (Å²) in [5.74, 6) is -0.313. The van der Waals surface area contributed by atoms with Crippen LogP contribution < -0.4 is 11.1 Å². The van der Waals surface area contributed by atoms with Gasteiger partial charge in [0.05, 0.1) is 0 Å². The molecule has 0 aliphatic carbocycles. The average molecular weight is 213 g/mol. The molecule has 0 spiro atoms. The van der Waals surface area contributed by atoms with Crippen LogP contribution in [0, 0.1) is 5.92 Å². The summed E-state index contributed by atoms with van der Waals surface area (Å²) < 4.78 is 0. The summed E-state index contributed by atoms with van der Waals surface area (Å²) in [6.45, 7) is 5.08. The van der Waals surface area contributed by atoms with E-state index in [1.165, 1.54) is 0 Å². The summed E-state index contributed by atoms with van der Waals surface area (Å²) in [5.41, 5.74) is 5.21. The lowest BCUT2D eigenvalue weighted by Crippen LogP contribution is -2.47. The predicted molar refractivity (Wildman–Crippen MR) is 57.2 cm³/mol. The molecule has 0 saturated carbocycles. The van der Waals surface area contributed by atoms with Crippen molar-refractivity contribution in [1.82, 2.24) is 10.2 Å². The van der Waals surface area contributed by atoms with Crippen molar-refractivity contribution < 1.29 is 9.59 Å². The number of likely N-dealkylation sites (tertiary alicyclic amines) is 1. The van der Waals surface area contributed by atoms with Crippen molar-refractivity contribution in [1.29, 1.82) is 0 Å². The van der Waals surface area contributed by atoms with Gasteiger partial charge in [0.25, 0.3) is 0 Å². The van der Waals surface area contributed by atoms with Crippen LogP contribution in [0.25, 0.3) is 0 Å². The summed E-state index contributed by atoms with van der Waals surface area (Å²) >= 11 is 0. The Bertz CT molecular complexity index is 245. The number of primary amides is 1. The van der Waals surface area contributed by atoms with Gasteiger partial charge < -0.3 is 16.0 Å². The van der Waals surface area contributed by atoms with Crippen LogP contribution in [0.3, 0.4) is 0 Å². The maximum Gasteiger partial charge on any atom is 0.317 e. The highest BCUT2D eigenvalue weighted by Crippen LogP contribution is 2.16. The highest BCUT2D eigenvalue weighted by molar-refractivity contribution is 5.78. The summed E-state index contributed by atoms with van der Waals surface area (Å²) in [6, 6.07) is 0.0966. The van der Waals surface area contributed by atoms with Gasteiger partial charge in [-0.25, -0.2) is 4.79 Å². The van der Waals surface area contributed by atoms with Gasteiger partial charge in [0.1, 0.15) is 0 Å². The fourth-order valence-electron chi connectivity index (χ4n) is 1.71. The molecule has 1 aliphatic rings. The monoisotopic (exact) mass is 213 g/mol. The van der Waals surface area contributed by atoms with Crippen LogP contribution in [0.2, 0.25) is 0 Å². The Morgan fingerprint density at radius 1 is 1.33 bits per heavy atom. The van der Waals surface area contributed by atoms with Gasteiger partial charge in [-0.15, -0.1) is 0 Å². The molecule has 1 saturated heterocycles. The smallest absolute Gasteiger partial charge is 0.317 e. The average Bonchev–Trinajstić information content (AvgIpc) is 2.17. The maximum atomic E-state index is 11.6. The number of piperidine rings is 1. The molecule has 1 fully saturated rings. The standard InChI is InChI=1S/C10H19N3O2/c1-7(2)12-10(15)13-5-3-8(4-6-13)9(11)14/h7-8H,3-6H2,1-2H3,(H2,11,14)(H,12,15). The zero-order valence-electron chi connectivity index (χ0n) is 9.32. The molecule has 0 aromatic heterocycles. The number of hydrogen-bond donors (Lipinski definition) is 2. The summed E-state index contributed by atoms with van der Waals surface area (Å²) in [4.78, 5) is 24.2. The molecule has 5 heteroatoms. The zero-order valence-corrected chi connectivity index (χ0v) is 9.32. The minimum Gasteiger partial charge on any atom is -0.369 e. The van der Waals surface area contributed by atoms with Crippen LogP contribution in [0.1, 0.15) is 26.7 Å². The second kappa shape index (κ2) is 5.00. The SMILES string of the molecule is CC(C)NC(=O)N1CCC(C(N)=O)CC1. The topological polar surface area (TPSA) is 75.4 Å². The molecule has 1 rings (SSSR count). The fraction of sp³-hybridized carbons (Fsp3) is 0.800. The van der Waals surface area contributed by atoms with Crippen molar-refractivity contribution in [2.45, 2.75) is 32.7 Å². The molecule has 0 bridgehead atoms. The van der Waals surface area contributed by atoms with Crippen molar-refractivity contribution in [3.63, 3.8) is 0 Å². The predicted octanol–water partition coefficient (Wildman–Crippen LogP) is 0.302. The van der Waals surface area contributed by atoms with Gasteiger partial charge in [0.15, 0.2) is 0 Å². The van der Waals surface area contributed by atoms with Crippen LogP contribution in [0.5, 0.6) is 0 Å². The number of carbonyl (C=O) groups is 2. The van der Waals surface area contributed by atoms with Crippen LogP contribution in [0.4, 0.5) is 4.79 Å². The highest BCUT2D eigenvalue weighted by atomic mass is 16.2. The van der Waals surface area contributed by atoms with Crippen molar-refractivity contribution in [3.8, 4) is 0 Å². The number of nitrogens with one attached hydrogen (secondary N) is 1. The highest BCUT2D eigenvalue weighted by Gasteiger charge is 2.25. The first-order valence-electron chi connectivity index (χ1n) is 5.35. The van der Waals surface area contributed by atoms with E-state index < -0.39 is 0 Å². The quantitative estimate of drug-likeness (QED) is 0.692. The lowest BCUT2D eigenvalue weighted by molar-refractivity contribution is -0.123. The molecule has 86 valence electrons. The van der Waals surface area contributed by atoms with Crippen LogP contribution in [0.15, 0.2) is 0 Å². The number of amides is 3. The van der Waals surface area contributed by atoms with E-state index in [4.69, 9.17) is 5.73 Å². The summed E-state index contributed by atoms with van der Waals surface area (Å²) in [5, 5.41) is 2.83. The zero-order chi connectivity index (χ0) is 11.4. The molecule has 5 nitrogen and oxygen atoms in total. The Kier molecular flexibility index (Phi) is 3.94. The third-order valence-corrected chi connectivity index (χ3v) is 2.60. The molecular weight excluding hydrogens is 194 g/mol. The first-order chi connectivity index (χ1) is 7.00. The van der Waals surface area contributed by atoms with Crippen molar-refractivity contribution in [2.24, 2.45) is 11.7 Å². The third-order valence-electron chi connectivity index (χ3n) is 2.60. The van der Waals surface area contributed by atoms with E-state index in [-0.39, 0.29) is 23.9 Å². The first-order valence-corrected chi connectivity index (χ1v) is 5.35. The number of carbonyl (C=O) groups excluding carboxylic acids is 2. The van der Waals surface area contributed by atoms with E-state index >= 15 is 0 Å². The minimum absolute atomic E-state index is 0.0482. The minimum atomic E-state index is -0.251. The van der Waals surface area contributed by atoms with E-state index in [0.29, 0.717) is 25.9 Å². The Balaban J connectivity index is 2.37. The molecule has 1 aliphatic heterocycles. The number of nitrogens with two attached hydrogens (primary N) is 1. The van der Waals surface area contributed by atoms with Gasteiger partial charge in [-0.05, 0) is 26.7 Å². The van der Waals surface area contributed by atoms with E-state index in [1.54, 1.807) is 4.90 Å². The number of urea groups is 1. The van der Waals surface area contributed by atoms with Crippen molar-refractivity contribution >= 4 is 11.9 Å². The molecule has 0 aromatic carbocycles. The second-order valence-corrected chi connectivity index (χ2v) is 4.27. The Labute approximate surface area is 90.0 Å². The Morgan fingerprint density at radius 2 is 1.87 bits per heavy atom. The summed E-state index contributed by atoms with van der Waals surface area (Å²) in [6.07, 6.45) is 1.36. The van der Waals surface area contributed by atoms with Gasteiger partial charge in [0.2, 0.25) is 5.91 Å². The number of nitrogens with zero attached hydrogens (tertiary/aromatic N) is 1. The van der Waals surface area contributed by atoms with Gasteiger partial charge in [0, 0.05) is 25.0 Å². The van der Waals surface area contributed by atoms with Crippen LogP contribution in [-0.2, 0) is 4.79 Å². The van der Waals surface area contributed by atoms with Crippen LogP contribution in [-0.4, -0.2) is 36.0 Å². The number of hydrogen-bond acceptors (Lipinski definition) is 2. The third kappa shape index (κ3) is 3.42. The normalized spacial score (nSPS) is 17.9. The molecule has 3 N–H and O–H groups in total. The van der Waals surface area contributed by atoms with Gasteiger partial charge >= 0.3 is 6.03 Å². The largest absolute Gasteiger partial charge is 0.369 e. The van der Waals surface area contributed by atoms with Gasteiger partial charge in [-0.1, -0.05) is 0 Å². The van der Waals surface area contributed by atoms with E-state index in [9.17, 15) is 9.59 Å². The molecular formula is C10H19N3O2. The van der Waals surface area contributed by atoms with Crippen LogP contribution >= 0.6 is 0 Å².